The van der Waals surface area contributed by atoms with Gasteiger partial charge >= 0.3 is 0 Å². The van der Waals surface area contributed by atoms with Crippen molar-refractivity contribution in [1.82, 2.24) is 10.9 Å². The van der Waals surface area contributed by atoms with Gasteiger partial charge in [-0.25, -0.2) is 4.39 Å². The van der Waals surface area contributed by atoms with Crippen LogP contribution in [0.3, 0.4) is 0 Å². The van der Waals surface area contributed by atoms with Crippen molar-refractivity contribution in [2.24, 2.45) is 0 Å². The van der Waals surface area contributed by atoms with E-state index in [1.165, 1.54) is 30.3 Å². The molecule has 0 aliphatic heterocycles. The van der Waals surface area contributed by atoms with E-state index >= 15 is 0 Å². The van der Waals surface area contributed by atoms with Crippen LogP contribution in [0.15, 0.2) is 42.5 Å². The number of rotatable bonds is 2. The highest BCUT2D eigenvalue weighted by atomic mass is 19.1. The van der Waals surface area contributed by atoms with Gasteiger partial charge in [-0.15, -0.1) is 0 Å². The molecule has 0 fully saturated rings. The first-order chi connectivity index (χ1) is 9.99. The van der Waals surface area contributed by atoms with Gasteiger partial charge < -0.3 is 5.11 Å². The topological polar surface area (TPSA) is 78.4 Å². The van der Waals surface area contributed by atoms with Crippen molar-refractivity contribution in [2.75, 3.05) is 0 Å². The lowest BCUT2D eigenvalue weighted by Crippen LogP contribution is -2.41. The first-order valence-corrected chi connectivity index (χ1v) is 6.14. The molecule has 2 rings (SSSR count). The molecular weight excluding hydrogens is 275 g/mol. The minimum absolute atomic E-state index is 0.00873. The summed E-state index contributed by atoms with van der Waals surface area (Å²) in [6.07, 6.45) is 0. The predicted molar refractivity (Wildman–Crippen MR) is 74.2 cm³/mol. The number of aromatic hydroxyl groups is 1. The minimum atomic E-state index is -0.784. The van der Waals surface area contributed by atoms with Crippen LogP contribution in [0.25, 0.3) is 0 Å². The molecule has 0 aliphatic carbocycles. The third kappa shape index (κ3) is 3.36. The van der Waals surface area contributed by atoms with Crippen molar-refractivity contribution >= 4 is 11.8 Å². The molecule has 2 aromatic carbocycles. The number of carbonyl (C=O) groups is 2. The van der Waals surface area contributed by atoms with Crippen LogP contribution in [0.2, 0.25) is 0 Å². The number of nitrogens with one attached hydrogen (secondary N) is 2. The van der Waals surface area contributed by atoms with E-state index in [2.05, 4.69) is 10.9 Å². The summed E-state index contributed by atoms with van der Waals surface area (Å²) in [5.74, 6) is -2.37. The number of phenols is 1. The van der Waals surface area contributed by atoms with Gasteiger partial charge in [0.05, 0.1) is 11.1 Å². The van der Waals surface area contributed by atoms with Crippen LogP contribution in [0.4, 0.5) is 4.39 Å². The predicted octanol–water partition coefficient (Wildman–Crippen LogP) is 1.91. The molecule has 0 atom stereocenters. The fourth-order valence-corrected chi connectivity index (χ4v) is 1.73. The highest BCUT2D eigenvalue weighted by molar-refractivity contribution is 6.00. The van der Waals surface area contributed by atoms with Crippen molar-refractivity contribution < 1.29 is 19.1 Å². The van der Waals surface area contributed by atoms with E-state index in [1.807, 2.05) is 0 Å². The van der Waals surface area contributed by atoms with Crippen molar-refractivity contribution in [3.63, 3.8) is 0 Å². The minimum Gasteiger partial charge on any atom is -0.507 e. The summed E-state index contributed by atoms with van der Waals surface area (Å²) in [4.78, 5) is 23.5. The van der Waals surface area contributed by atoms with Crippen LogP contribution in [-0.4, -0.2) is 16.9 Å². The Hall–Kier alpha value is -2.89. The zero-order chi connectivity index (χ0) is 15.4. The molecular formula is C15H13FN2O3. The number of benzene rings is 2. The summed E-state index contributed by atoms with van der Waals surface area (Å²) in [5, 5.41) is 9.65. The van der Waals surface area contributed by atoms with Crippen molar-refractivity contribution in [1.29, 1.82) is 0 Å². The van der Waals surface area contributed by atoms with Gasteiger partial charge in [0.15, 0.2) is 0 Å². The Morgan fingerprint density at radius 1 is 1.00 bits per heavy atom. The lowest BCUT2D eigenvalue weighted by molar-refractivity contribution is 0.0842. The van der Waals surface area contributed by atoms with Crippen molar-refractivity contribution in [2.45, 2.75) is 6.92 Å². The Kier molecular flexibility index (Phi) is 4.18. The summed E-state index contributed by atoms with van der Waals surface area (Å²) >= 11 is 0. The lowest BCUT2D eigenvalue weighted by atomic mass is 10.1. The number of carbonyl (C=O) groups excluding carboxylic acids is 2. The van der Waals surface area contributed by atoms with Crippen molar-refractivity contribution in [3.8, 4) is 5.75 Å². The van der Waals surface area contributed by atoms with Gasteiger partial charge in [-0.2, -0.15) is 0 Å². The highest BCUT2D eigenvalue weighted by Gasteiger charge is 2.14. The van der Waals surface area contributed by atoms with E-state index in [0.29, 0.717) is 0 Å². The van der Waals surface area contributed by atoms with Crippen molar-refractivity contribution in [3.05, 3.63) is 65.0 Å². The summed E-state index contributed by atoms with van der Waals surface area (Å²) in [6, 6.07) is 9.89. The molecule has 0 saturated heterocycles. The summed E-state index contributed by atoms with van der Waals surface area (Å²) in [5.41, 5.74) is 4.82. The highest BCUT2D eigenvalue weighted by Crippen LogP contribution is 2.17. The SMILES string of the molecule is Cc1ccc(C(=O)NNC(=O)c2ccccc2F)c(O)c1. The van der Waals surface area contributed by atoms with Gasteiger partial charge in [-0.05, 0) is 36.8 Å². The van der Waals surface area contributed by atoms with Crippen LogP contribution in [0.5, 0.6) is 5.75 Å². The third-order valence-electron chi connectivity index (χ3n) is 2.81. The number of hydrazine groups is 1. The maximum absolute atomic E-state index is 13.4. The molecule has 6 heteroatoms. The quantitative estimate of drug-likeness (QED) is 0.739. The van der Waals surface area contributed by atoms with Crippen LogP contribution in [0, 0.1) is 12.7 Å². The van der Waals surface area contributed by atoms with Crippen LogP contribution in [0.1, 0.15) is 26.3 Å². The summed E-state index contributed by atoms with van der Waals surface area (Å²) < 4.78 is 13.4. The molecule has 2 aromatic rings. The van der Waals surface area contributed by atoms with E-state index in [9.17, 15) is 19.1 Å². The van der Waals surface area contributed by atoms with Gasteiger partial charge in [-0.1, -0.05) is 18.2 Å². The van der Waals surface area contributed by atoms with E-state index in [1.54, 1.807) is 13.0 Å². The second kappa shape index (κ2) is 6.04. The fraction of sp³-hybridized carbons (Fsp3) is 0.0667. The maximum atomic E-state index is 13.4. The fourth-order valence-electron chi connectivity index (χ4n) is 1.73. The zero-order valence-electron chi connectivity index (χ0n) is 11.2. The molecule has 21 heavy (non-hydrogen) atoms. The molecule has 0 saturated carbocycles. The Morgan fingerprint density at radius 3 is 2.24 bits per heavy atom. The Balaban J connectivity index is 2.04. The van der Waals surface area contributed by atoms with Gasteiger partial charge in [0, 0.05) is 0 Å². The molecule has 0 unspecified atom stereocenters. The number of aryl methyl sites for hydroxylation is 1. The Labute approximate surface area is 120 Å². The number of phenolic OH excluding ortho intramolecular Hbond substituents is 1. The van der Waals surface area contributed by atoms with Gasteiger partial charge in [-0.3, -0.25) is 20.4 Å². The molecule has 2 amide bonds. The number of amides is 2. The van der Waals surface area contributed by atoms with E-state index in [0.717, 1.165) is 11.6 Å². The molecule has 5 nitrogen and oxygen atoms in total. The van der Waals surface area contributed by atoms with E-state index in [4.69, 9.17) is 0 Å². The summed E-state index contributed by atoms with van der Waals surface area (Å²) in [6.45, 7) is 1.77. The standard InChI is InChI=1S/C15H13FN2O3/c1-9-6-7-11(13(19)8-9)15(21)18-17-14(20)10-4-2-3-5-12(10)16/h2-8,19H,1H3,(H,17,20)(H,18,21). The Bertz CT molecular complexity index is 701. The monoisotopic (exact) mass is 288 g/mol. The van der Waals surface area contributed by atoms with Gasteiger partial charge in [0.25, 0.3) is 11.8 Å². The molecule has 0 bridgehead atoms. The lowest BCUT2D eigenvalue weighted by Gasteiger charge is -2.09. The first kappa shape index (κ1) is 14.5. The molecule has 3 N–H and O–H groups in total. The second-order valence-electron chi connectivity index (χ2n) is 4.41. The average molecular weight is 288 g/mol. The Morgan fingerprint density at radius 2 is 1.62 bits per heavy atom. The summed E-state index contributed by atoms with van der Waals surface area (Å²) in [7, 11) is 0. The largest absolute Gasteiger partial charge is 0.507 e. The maximum Gasteiger partial charge on any atom is 0.273 e. The van der Waals surface area contributed by atoms with E-state index in [-0.39, 0.29) is 16.9 Å². The first-order valence-electron chi connectivity index (χ1n) is 6.14. The number of hydrogen-bond donors (Lipinski definition) is 3. The van der Waals surface area contributed by atoms with Crippen LogP contribution >= 0.6 is 0 Å². The molecule has 108 valence electrons. The third-order valence-corrected chi connectivity index (χ3v) is 2.81. The normalized spacial score (nSPS) is 10.0. The molecule has 0 spiro atoms. The second-order valence-corrected chi connectivity index (χ2v) is 4.41. The van der Waals surface area contributed by atoms with Crippen LogP contribution in [-0.2, 0) is 0 Å². The number of hydrogen-bond acceptors (Lipinski definition) is 3. The zero-order valence-corrected chi connectivity index (χ0v) is 11.2. The molecule has 0 aromatic heterocycles. The molecule has 0 radical (unpaired) electrons. The average Bonchev–Trinajstić information content (AvgIpc) is 2.45. The number of halogens is 1. The van der Waals surface area contributed by atoms with Crippen LogP contribution < -0.4 is 10.9 Å². The molecule has 0 aliphatic rings. The molecule has 0 heterocycles. The van der Waals surface area contributed by atoms with Gasteiger partial charge in [0.2, 0.25) is 0 Å². The van der Waals surface area contributed by atoms with Gasteiger partial charge in [0.1, 0.15) is 11.6 Å². The van der Waals surface area contributed by atoms with E-state index < -0.39 is 17.6 Å². The smallest absolute Gasteiger partial charge is 0.273 e.